The van der Waals surface area contributed by atoms with Gasteiger partial charge in [-0.3, -0.25) is 10.4 Å². The zero-order chi connectivity index (χ0) is 15.3. The number of rotatable bonds is 4. The minimum atomic E-state index is -0.509. The molecule has 3 N–H and O–H groups in total. The lowest BCUT2D eigenvalue weighted by Gasteiger charge is -2.23. The van der Waals surface area contributed by atoms with E-state index in [9.17, 15) is 4.79 Å². The quantitative estimate of drug-likeness (QED) is 0.797. The molecule has 1 aliphatic rings. The van der Waals surface area contributed by atoms with Gasteiger partial charge in [0.1, 0.15) is 11.4 Å². The lowest BCUT2D eigenvalue weighted by atomic mass is 9.95. The monoisotopic (exact) mass is 294 g/mol. The predicted octanol–water partition coefficient (Wildman–Crippen LogP) is 3.18. The number of carbonyl (C=O) groups excluding carboxylic acids is 1. The number of amides is 1. The zero-order valence-electron chi connectivity index (χ0n) is 13.2. The minimum Gasteiger partial charge on any atom is -0.444 e. The highest BCUT2D eigenvalue weighted by Gasteiger charge is 2.18. The van der Waals surface area contributed by atoms with Crippen molar-refractivity contribution in [2.24, 2.45) is 0 Å². The average molecular weight is 294 g/mol. The molecule has 118 valence electrons. The Hall–Kier alpha value is -1.56. The first-order valence-corrected chi connectivity index (χ1v) is 7.70. The van der Waals surface area contributed by atoms with Crippen molar-refractivity contribution >= 4 is 11.9 Å². The maximum atomic E-state index is 11.8. The van der Waals surface area contributed by atoms with E-state index in [4.69, 9.17) is 4.74 Å². The summed E-state index contributed by atoms with van der Waals surface area (Å²) in [5.74, 6) is 0.604. The van der Waals surface area contributed by atoms with Gasteiger partial charge in [-0.05, 0) is 33.6 Å². The molecule has 1 aromatic rings. The molecule has 0 aromatic carbocycles. The van der Waals surface area contributed by atoms with Crippen molar-refractivity contribution < 1.29 is 9.53 Å². The van der Waals surface area contributed by atoms with Gasteiger partial charge in [0.15, 0.2) is 0 Å². The Kier molecular flexibility index (Phi) is 5.22. The van der Waals surface area contributed by atoms with Gasteiger partial charge in [-0.1, -0.05) is 19.3 Å². The Balaban J connectivity index is 1.84. The number of ether oxygens (including phenoxy) is 1. The lowest BCUT2D eigenvalue weighted by Crippen LogP contribution is -2.31. The zero-order valence-corrected chi connectivity index (χ0v) is 13.2. The van der Waals surface area contributed by atoms with Crippen molar-refractivity contribution in [1.82, 2.24) is 15.5 Å². The Morgan fingerprint density at radius 3 is 2.76 bits per heavy atom. The Labute approximate surface area is 126 Å². The van der Waals surface area contributed by atoms with Gasteiger partial charge in [-0.2, -0.15) is 5.10 Å². The van der Waals surface area contributed by atoms with Crippen molar-refractivity contribution in [3.63, 3.8) is 0 Å². The topological polar surface area (TPSA) is 79.0 Å². The fraction of sp³-hybridized carbons (Fsp3) is 0.733. The largest absolute Gasteiger partial charge is 0.444 e. The number of anilines is 1. The molecule has 0 radical (unpaired) electrons. The first-order valence-electron chi connectivity index (χ1n) is 7.70. The number of H-pyrrole nitrogens is 1. The van der Waals surface area contributed by atoms with Crippen molar-refractivity contribution in [3.05, 3.63) is 11.8 Å². The fourth-order valence-electron chi connectivity index (χ4n) is 2.52. The highest BCUT2D eigenvalue weighted by atomic mass is 16.6. The van der Waals surface area contributed by atoms with E-state index < -0.39 is 11.7 Å². The molecule has 1 heterocycles. The Bertz CT molecular complexity index is 458. The van der Waals surface area contributed by atoms with Crippen LogP contribution in [0, 0.1) is 0 Å². The predicted molar refractivity (Wildman–Crippen MR) is 82.2 cm³/mol. The van der Waals surface area contributed by atoms with Crippen LogP contribution < -0.4 is 10.6 Å². The molecule has 1 fully saturated rings. The van der Waals surface area contributed by atoms with Crippen LogP contribution in [0.25, 0.3) is 0 Å². The molecule has 0 spiro atoms. The van der Waals surface area contributed by atoms with Gasteiger partial charge >= 0.3 is 6.09 Å². The van der Waals surface area contributed by atoms with E-state index in [0.717, 1.165) is 5.56 Å². The van der Waals surface area contributed by atoms with E-state index in [1.54, 1.807) is 6.20 Å². The Morgan fingerprint density at radius 2 is 2.10 bits per heavy atom. The molecule has 1 amide bonds. The summed E-state index contributed by atoms with van der Waals surface area (Å²) in [4.78, 5) is 11.8. The van der Waals surface area contributed by atoms with Crippen LogP contribution in [0.3, 0.4) is 0 Å². The van der Waals surface area contributed by atoms with Gasteiger partial charge in [0.25, 0.3) is 0 Å². The molecule has 0 atom stereocenters. The van der Waals surface area contributed by atoms with Crippen molar-refractivity contribution in [2.75, 3.05) is 5.32 Å². The van der Waals surface area contributed by atoms with Crippen molar-refractivity contribution in [3.8, 4) is 0 Å². The van der Waals surface area contributed by atoms with Gasteiger partial charge in [0.05, 0.1) is 6.20 Å². The van der Waals surface area contributed by atoms with Crippen LogP contribution in [0.15, 0.2) is 6.20 Å². The molecule has 6 nitrogen and oxygen atoms in total. The van der Waals surface area contributed by atoms with Gasteiger partial charge in [-0.25, -0.2) is 4.79 Å². The van der Waals surface area contributed by atoms with E-state index in [0.29, 0.717) is 18.4 Å². The fourth-order valence-corrected chi connectivity index (χ4v) is 2.52. The first-order chi connectivity index (χ1) is 9.94. The second-order valence-electron chi connectivity index (χ2n) is 6.61. The van der Waals surface area contributed by atoms with Crippen LogP contribution in [0.1, 0.15) is 58.4 Å². The summed E-state index contributed by atoms with van der Waals surface area (Å²) in [5, 5.41) is 13.1. The molecule has 6 heteroatoms. The summed E-state index contributed by atoms with van der Waals surface area (Å²) >= 11 is 0. The maximum absolute atomic E-state index is 11.8. The highest BCUT2D eigenvalue weighted by Crippen LogP contribution is 2.19. The number of aromatic nitrogens is 2. The summed E-state index contributed by atoms with van der Waals surface area (Å²) in [6, 6.07) is 0.572. The molecule has 1 aromatic heterocycles. The highest BCUT2D eigenvalue weighted by molar-refractivity contribution is 5.84. The van der Waals surface area contributed by atoms with Crippen LogP contribution in [0.4, 0.5) is 10.6 Å². The number of nitrogens with one attached hydrogen (secondary N) is 3. The third-order valence-electron chi connectivity index (χ3n) is 3.53. The molecule has 1 aliphatic carbocycles. The van der Waals surface area contributed by atoms with E-state index >= 15 is 0 Å². The molecule has 1 saturated carbocycles. The van der Waals surface area contributed by atoms with Gasteiger partial charge in [-0.15, -0.1) is 0 Å². The van der Waals surface area contributed by atoms with Gasteiger partial charge in [0, 0.05) is 18.2 Å². The molecule has 0 aliphatic heterocycles. The van der Waals surface area contributed by atoms with Crippen LogP contribution in [-0.4, -0.2) is 27.9 Å². The first kappa shape index (κ1) is 15.8. The molecular weight excluding hydrogens is 268 g/mol. The van der Waals surface area contributed by atoms with Crippen LogP contribution in [0.5, 0.6) is 0 Å². The summed E-state index contributed by atoms with van der Waals surface area (Å²) < 4.78 is 5.24. The molecule has 0 bridgehead atoms. The molecule has 0 saturated heterocycles. The Morgan fingerprint density at radius 1 is 1.38 bits per heavy atom. The normalized spacial score (nSPS) is 16.7. The maximum Gasteiger partial charge on any atom is 0.413 e. The number of hydrogen-bond donors (Lipinski definition) is 3. The van der Waals surface area contributed by atoms with E-state index in [1.807, 2.05) is 20.8 Å². The van der Waals surface area contributed by atoms with Gasteiger partial charge in [0.2, 0.25) is 0 Å². The SMILES string of the molecule is CC(C)(C)OC(=O)Nc1[nH]ncc1CNC1CCCCC1. The van der Waals surface area contributed by atoms with Crippen LogP contribution in [-0.2, 0) is 11.3 Å². The van der Waals surface area contributed by atoms with E-state index in [1.165, 1.54) is 32.1 Å². The van der Waals surface area contributed by atoms with Crippen molar-refractivity contribution in [1.29, 1.82) is 0 Å². The summed E-state index contributed by atoms with van der Waals surface area (Å²) in [5.41, 5.74) is 0.441. The summed E-state index contributed by atoms with van der Waals surface area (Å²) in [6.45, 7) is 6.22. The molecule has 2 rings (SSSR count). The third kappa shape index (κ3) is 5.38. The number of aromatic amines is 1. The second kappa shape index (κ2) is 6.93. The lowest BCUT2D eigenvalue weighted by molar-refractivity contribution is 0.0635. The molecule has 21 heavy (non-hydrogen) atoms. The number of carbonyl (C=O) groups is 1. The van der Waals surface area contributed by atoms with E-state index in [-0.39, 0.29) is 0 Å². The number of hydrogen-bond acceptors (Lipinski definition) is 4. The summed E-state index contributed by atoms with van der Waals surface area (Å²) in [6.07, 6.45) is 7.67. The molecule has 0 unspecified atom stereocenters. The number of nitrogens with zero attached hydrogens (tertiary/aromatic N) is 1. The average Bonchev–Trinajstić information content (AvgIpc) is 2.82. The molecular formula is C15H26N4O2. The standard InChI is InChI=1S/C15H26N4O2/c1-15(2,3)21-14(20)18-13-11(10-17-19-13)9-16-12-7-5-4-6-8-12/h10,12,16H,4-9H2,1-3H3,(H2,17,18,19,20). The smallest absolute Gasteiger partial charge is 0.413 e. The second-order valence-corrected chi connectivity index (χ2v) is 6.61. The minimum absolute atomic E-state index is 0.467. The van der Waals surface area contributed by atoms with Crippen LogP contribution in [0.2, 0.25) is 0 Å². The summed E-state index contributed by atoms with van der Waals surface area (Å²) in [7, 11) is 0. The van der Waals surface area contributed by atoms with Crippen LogP contribution >= 0.6 is 0 Å². The van der Waals surface area contributed by atoms with Gasteiger partial charge < -0.3 is 10.1 Å². The van der Waals surface area contributed by atoms with Crippen molar-refractivity contribution in [2.45, 2.75) is 71.1 Å². The third-order valence-corrected chi connectivity index (χ3v) is 3.53. The van der Waals surface area contributed by atoms with E-state index in [2.05, 4.69) is 20.8 Å².